The number of rotatable bonds is 20. The summed E-state index contributed by atoms with van der Waals surface area (Å²) in [6.45, 7) is 4.36. The average molecular weight is 1310 g/mol. The van der Waals surface area contributed by atoms with Crippen LogP contribution in [0.3, 0.4) is 0 Å². The number of methoxy groups -OCH3 is 1. The van der Waals surface area contributed by atoms with E-state index in [4.69, 9.17) is 22.1 Å². The van der Waals surface area contributed by atoms with Crippen molar-refractivity contribution in [2.24, 2.45) is 30.7 Å². The second-order valence-corrected chi connectivity index (χ2v) is 27.3. The number of nitrogens with zero attached hydrogens (tertiary/aromatic N) is 10. The Balaban J connectivity index is 0.00000245. The highest BCUT2D eigenvalue weighted by Crippen LogP contribution is 2.45. The number of aryl methyl sites for hydroxylation is 2. The summed E-state index contributed by atoms with van der Waals surface area (Å²) in [5.41, 5.74) is 0.547. The second kappa shape index (κ2) is 24.9. The Bertz CT molecular complexity index is 4890. The van der Waals surface area contributed by atoms with Crippen LogP contribution in [0.4, 0.5) is 33.6 Å². The summed E-state index contributed by atoms with van der Waals surface area (Å²) >= 11 is 1.89. The third-order valence-electron chi connectivity index (χ3n) is 11.6. The van der Waals surface area contributed by atoms with Crippen molar-refractivity contribution in [2.75, 3.05) is 31.0 Å². The highest BCUT2D eigenvalue weighted by atomic mass is 32.2. The van der Waals surface area contributed by atoms with Gasteiger partial charge in [0.25, 0.3) is 50.6 Å². The van der Waals surface area contributed by atoms with Crippen molar-refractivity contribution in [2.45, 2.75) is 53.2 Å². The molecule has 0 aliphatic rings. The fourth-order valence-electron chi connectivity index (χ4n) is 7.83. The molecule has 0 unspecified atom stereocenters. The number of thiazole rings is 1. The molecule has 8 aromatic rings. The zero-order valence-electron chi connectivity index (χ0n) is 43.1. The van der Waals surface area contributed by atoms with Gasteiger partial charge in [-0.2, -0.15) is 52.5 Å². The number of imidazole rings is 1. The monoisotopic (exact) mass is 1310 g/mol. The van der Waals surface area contributed by atoms with Crippen molar-refractivity contribution in [1.29, 1.82) is 5.26 Å². The van der Waals surface area contributed by atoms with E-state index in [1.165, 1.54) is 38.3 Å². The van der Waals surface area contributed by atoms with Crippen molar-refractivity contribution < 1.29 is 92.1 Å². The smallest absolute Gasteiger partial charge is 0.425 e. The first-order valence-electron chi connectivity index (χ1n) is 23.0. The van der Waals surface area contributed by atoms with Crippen LogP contribution < -0.4 is 9.47 Å². The number of fused-ring (bicyclic) bond motifs is 6. The number of hydrogen-bond donors (Lipinski definition) is 6. The molecule has 0 spiro atoms. The molecule has 3 aromatic heterocycles. The number of aromatic nitrogens is 3. The maximum absolute atomic E-state index is 12.5. The van der Waals surface area contributed by atoms with Crippen LogP contribution in [0, 0.1) is 32.1 Å². The van der Waals surface area contributed by atoms with Gasteiger partial charge in [-0.3, -0.25) is 27.2 Å². The lowest BCUT2D eigenvalue weighted by molar-refractivity contribution is 0.317. The molecular formula is C45H40N10O21S8. The van der Waals surface area contributed by atoms with E-state index in [2.05, 4.69) is 40.7 Å². The van der Waals surface area contributed by atoms with Crippen LogP contribution in [-0.2, 0) is 61.2 Å². The van der Waals surface area contributed by atoms with E-state index in [0.29, 0.717) is 16.0 Å². The fraction of sp³-hybridized carbons (Fsp3) is 0.222. The lowest BCUT2D eigenvalue weighted by Gasteiger charge is -2.12. The Hall–Kier alpha value is -7.59. The molecule has 0 saturated heterocycles. The van der Waals surface area contributed by atoms with E-state index in [-0.39, 0.29) is 119 Å². The molecule has 0 fully saturated rings. The minimum atomic E-state index is -4.89. The molecule has 444 valence electrons. The van der Waals surface area contributed by atoms with Gasteiger partial charge in [0.1, 0.15) is 44.7 Å². The van der Waals surface area contributed by atoms with E-state index in [0.717, 1.165) is 57.8 Å². The Morgan fingerprint density at radius 1 is 0.679 bits per heavy atom. The van der Waals surface area contributed by atoms with Gasteiger partial charge in [-0.25, -0.2) is 9.97 Å². The van der Waals surface area contributed by atoms with Gasteiger partial charge in [-0.1, -0.05) is 17.4 Å². The molecular weight excluding hydrogens is 1270 g/mol. The van der Waals surface area contributed by atoms with Crippen molar-refractivity contribution in [3.05, 3.63) is 82.9 Å². The zero-order chi connectivity index (χ0) is 62.0. The maximum Gasteiger partial charge on any atom is 0.425 e. The summed E-state index contributed by atoms with van der Waals surface area (Å²) in [5.74, 6) is -1.99. The van der Waals surface area contributed by atoms with Crippen LogP contribution >= 0.6 is 23.1 Å². The molecule has 0 saturated carbocycles. The summed E-state index contributed by atoms with van der Waals surface area (Å²) in [6.07, 6.45) is -0.218. The highest BCUT2D eigenvalue weighted by Gasteiger charge is 2.26. The first-order chi connectivity index (χ1) is 39.1. The average Bonchev–Trinajstić information content (AvgIpc) is 1.85. The number of azo groups is 3. The Morgan fingerprint density at radius 2 is 1.27 bits per heavy atom. The van der Waals surface area contributed by atoms with Crippen molar-refractivity contribution in [3.63, 3.8) is 0 Å². The molecule has 39 heteroatoms. The van der Waals surface area contributed by atoms with Gasteiger partial charge in [-0.05, 0) is 98.3 Å². The SMILES string of the molecule is COc1cc(S(=O)(=O)O)cc2c1nc1c(C#N)c(C)c(N=Nc3cc(C)c(N=Nc4cc(C)c(N=Nc5nc6c(S(=O)(=O)O)cc7ccc(S(=O)(=O)O)cc7c6s5)cc4SCCCS(=O)(=O)O)cc3OCCCS(=O)(=O)O)c(O)n12.O=S(=O)=O. The molecule has 8 rings (SSSR count). The van der Waals surface area contributed by atoms with Gasteiger partial charge in [0.05, 0.1) is 62.3 Å². The van der Waals surface area contributed by atoms with Crippen molar-refractivity contribution in [1.82, 2.24) is 14.4 Å². The van der Waals surface area contributed by atoms with Gasteiger partial charge >= 0.3 is 10.6 Å². The van der Waals surface area contributed by atoms with Crippen LogP contribution in [0.1, 0.15) is 35.1 Å². The number of aromatic hydroxyl groups is 1. The fourth-order valence-corrected chi connectivity index (χ4v) is 12.7. The van der Waals surface area contributed by atoms with Gasteiger partial charge in [-0.15, -0.1) is 50.0 Å². The second-order valence-electron chi connectivity index (χ2n) is 17.4. The molecule has 31 nitrogen and oxygen atoms in total. The predicted molar refractivity (Wildman–Crippen MR) is 300 cm³/mol. The Kier molecular flexibility index (Phi) is 19.0. The molecule has 0 aliphatic heterocycles. The van der Waals surface area contributed by atoms with Crippen molar-refractivity contribution in [3.8, 4) is 23.4 Å². The number of hydrogen-bond acceptors (Lipinski definition) is 27. The number of pyridine rings is 1. The van der Waals surface area contributed by atoms with Crippen LogP contribution in [0.5, 0.6) is 17.4 Å². The minimum absolute atomic E-state index is 0.0147. The van der Waals surface area contributed by atoms with Crippen molar-refractivity contribution >= 4 is 156 Å². The molecule has 6 N–H and O–H groups in total. The zero-order valence-corrected chi connectivity index (χ0v) is 49.6. The Labute approximate surface area is 485 Å². The first kappa shape index (κ1) is 64.0. The highest BCUT2D eigenvalue weighted by molar-refractivity contribution is 7.99. The van der Waals surface area contributed by atoms with E-state index < -0.39 is 93.3 Å². The number of ether oxygens (including phenoxy) is 2. The molecule has 0 aliphatic carbocycles. The summed E-state index contributed by atoms with van der Waals surface area (Å²) in [4.78, 5) is 7.31. The molecule has 84 heavy (non-hydrogen) atoms. The van der Waals surface area contributed by atoms with Gasteiger partial charge in [0, 0.05) is 28.0 Å². The van der Waals surface area contributed by atoms with Crippen LogP contribution in [0.15, 0.2) is 111 Å². The Morgan fingerprint density at radius 3 is 1.88 bits per heavy atom. The number of thioether (sulfide) groups is 1. The quantitative estimate of drug-likeness (QED) is 0.0180. The van der Waals surface area contributed by atoms with Crippen LogP contribution in [0.25, 0.3) is 37.7 Å². The normalized spacial score (nSPS) is 12.7. The summed E-state index contributed by atoms with van der Waals surface area (Å²) < 4.78 is 206. The molecule has 3 heterocycles. The number of benzene rings is 5. The van der Waals surface area contributed by atoms with Gasteiger partial charge < -0.3 is 14.6 Å². The maximum atomic E-state index is 12.5. The van der Waals surface area contributed by atoms with Crippen LogP contribution in [-0.4, -0.2) is 128 Å². The molecule has 5 aromatic carbocycles. The van der Waals surface area contributed by atoms with Gasteiger partial charge in [0.2, 0.25) is 11.0 Å². The molecule has 0 radical (unpaired) electrons. The van der Waals surface area contributed by atoms with E-state index in [9.17, 15) is 75.2 Å². The standard InChI is InChI=1S/C45H40N10O18S7.O3S/c1-22-13-32(51-53-39-24(3)29(21-46)43-47-40-34(55(43)44(39)56)17-27(79(66,67)68)18-36(40)72-4)35(73-9-5-11-76(57,58)59)19-30(22)49-52-33-14-23(2)31(20-37(33)74-10-6-12-77(60,61)62)50-54-45-48-41-38(80(69,70)71)15-25-7-8-26(78(63,64)65)16-28(25)42(41)75-45;1-4(2)3/h7-8,13-20,56H,5-6,9-12H2,1-4H3,(H,57,58,59)(H,60,61,62)(H,63,64,65)(H,66,67,68)(H,69,70,71);. The molecule has 0 amide bonds. The minimum Gasteiger partial charge on any atom is -0.494 e. The summed E-state index contributed by atoms with van der Waals surface area (Å²) in [5, 5.41) is 48.2. The third-order valence-corrected chi connectivity index (χ3v) is 17.9. The predicted octanol–water partition coefficient (Wildman–Crippen LogP) is 8.77. The van der Waals surface area contributed by atoms with E-state index in [1.54, 1.807) is 19.9 Å². The first-order valence-corrected chi connectivity index (χ1v) is 33.3. The molecule has 0 atom stereocenters. The third kappa shape index (κ3) is 15.2. The van der Waals surface area contributed by atoms with Crippen LogP contribution in [0.2, 0.25) is 0 Å². The summed E-state index contributed by atoms with van der Waals surface area (Å²) in [6, 6.07) is 14.4. The topological polar surface area (TPSA) is 490 Å². The lowest BCUT2D eigenvalue weighted by Crippen LogP contribution is -2.08. The van der Waals surface area contributed by atoms with E-state index in [1.807, 2.05) is 6.07 Å². The van der Waals surface area contributed by atoms with Gasteiger partial charge in [0.15, 0.2) is 11.3 Å². The lowest BCUT2D eigenvalue weighted by atomic mass is 10.1. The number of nitriles is 1. The summed E-state index contributed by atoms with van der Waals surface area (Å²) in [7, 11) is -25.0. The molecule has 0 bridgehead atoms. The van der Waals surface area contributed by atoms with E-state index >= 15 is 0 Å². The largest absolute Gasteiger partial charge is 0.494 e.